The van der Waals surface area contributed by atoms with Gasteiger partial charge in [-0.15, -0.1) is 0 Å². The van der Waals surface area contributed by atoms with Crippen molar-refractivity contribution in [3.63, 3.8) is 0 Å². The fraction of sp³-hybridized carbons (Fsp3) is 0.900. The van der Waals surface area contributed by atoms with E-state index in [1.807, 2.05) is 0 Å². The predicted molar refractivity (Wildman–Crippen MR) is 55.2 cm³/mol. The van der Waals surface area contributed by atoms with E-state index < -0.39 is 0 Å². The van der Waals surface area contributed by atoms with Gasteiger partial charge in [-0.1, -0.05) is 0 Å². The number of carbonyl (C=O) groups is 1. The lowest BCUT2D eigenvalue weighted by Crippen LogP contribution is -2.18. The van der Waals surface area contributed by atoms with Gasteiger partial charge >= 0.3 is 5.97 Å². The molecule has 0 saturated heterocycles. The predicted octanol–water partition coefficient (Wildman–Crippen LogP) is 0.956. The number of nitrogens with one attached hydrogen (secondary N) is 1. The molecule has 0 aromatic heterocycles. The van der Waals surface area contributed by atoms with Gasteiger partial charge in [-0.3, -0.25) is 4.79 Å². The van der Waals surface area contributed by atoms with Crippen molar-refractivity contribution < 1.29 is 14.3 Å². The zero-order valence-electron chi connectivity index (χ0n) is 9.17. The smallest absolute Gasteiger partial charge is 0.305 e. The van der Waals surface area contributed by atoms with Crippen molar-refractivity contribution in [3.8, 4) is 0 Å². The maximum atomic E-state index is 10.7. The van der Waals surface area contributed by atoms with Crippen LogP contribution >= 0.6 is 0 Å². The molecule has 0 aromatic carbocycles. The van der Waals surface area contributed by atoms with Crippen LogP contribution in [-0.2, 0) is 14.3 Å². The molecule has 0 spiro atoms. The molecule has 0 aliphatic carbocycles. The molecule has 0 radical (unpaired) electrons. The van der Waals surface area contributed by atoms with E-state index in [4.69, 9.17) is 4.74 Å². The third-order valence-electron chi connectivity index (χ3n) is 1.91. The molecule has 0 atom stereocenters. The zero-order chi connectivity index (χ0) is 10.6. The highest BCUT2D eigenvalue weighted by Gasteiger charge is 1.98. The summed E-state index contributed by atoms with van der Waals surface area (Å²) in [6.45, 7) is 2.69. The highest BCUT2D eigenvalue weighted by molar-refractivity contribution is 5.68. The fourth-order valence-electron chi connectivity index (χ4n) is 1.08. The Morgan fingerprint density at radius 1 is 1.14 bits per heavy atom. The van der Waals surface area contributed by atoms with E-state index in [1.165, 1.54) is 7.11 Å². The van der Waals surface area contributed by atoms with E-state index in [-0.39, 0.29) is 5.97 Å². The lowest BCUT2D eigenvalue weighted by Gasteiger charge is -2.03. The first-order valence-electron chi connectivity index (χ1n) is 5.07. The summed E-state index contributed by atoms with van der Waals surface area (Å²) in [6.07, 6.45) is 3.55. The largest absolute Gasteiger partial charge is 0.469 e. The fourth-order valence-corrected chi connectivity index (χ4v) is 1.08. The average molecular weight is 203 g/mol. The van der Waals surface area contributed by atoms with Crippen LogP contribution in [0, 0.1) is 0 Å². The molecule has 0 bridgehead atoms. The average Bonchev–Trinajstić information content (AvgIpc) is 2.21. The van der Waals surface area contributed by atoms with E-state index in [0.717, 1.165) is 39.0 Å². The standard InChI is InChI=1S/C10H21NO3/c1-13-9-4-3-7-11-8-5-6-10(12)14-2/h11H,3-9H2,1-2H3. The molecular formula is C10H21NO3. The van der Waals surface area contributed by atoms with E-state index in [2.05, 4.69) is 10.1 Å². The molecule has 14 heavy (non-hydrogen) atoms. The van der Waals surface area contributed by atoms with E-state index >= 15 is 0 Å². The van der Waals surface area contributed by atoms with Gasteiger partial charge in [-0.05, 0) is 32.4 Å². The number of hydrogen-bond acceptors (Lipinski definition) is 4. The van der Waals surface area contributed by atoms with Gasteiger partial charge in [-0.25, -0.2) is 0 Å². The molecule has 0 amide bonds. The molecule has 0 fully saturated rings. The summed E-state index contributed by atoms with van der Waals surface area (Å²) in [5.41, 5.74) is 0. The zero-order valence-corrected chi connectivity index (χ0v) is 9.17. The summed E-state index contributed by atoms with van der Waals surface area (Å²) in [6, 6.07) is 0. The molecule has 4 nitrogen and oxygen atoms in total. The van der Waals surface area contributed by atoms with Gasteiger partial charge in [0.15, 0.2) is 0 Å². The van der Waals surface area contributed by atoms with Crippen LogP contribution in [0.2, 0.25) is 0 Å². The van der Waals surface area contributed by atoms with Gasteiger partial charge in [-0.2, -0.15) is 0 Å². The monoisotopic (exact) mass is 203 g/mol. The molecule has 0 aliphatic heterocycles. The maximum absolute atomic E-state index is 10.7. The lowest BCUT2D eigenvalue weighted by atomic mass is 10.3. The Hall–Kier alpha value is -0.610. The Bertz CT molecular complexity index is 139. The van der Waals surface area contributed by atoms with Crippen LogP contribution in [0.3, 0.4) is 0 Å². The molecule has 0 aromatic rings. The number of rotatable bonds is 9. The molecule has 4 heteroatoms. The molecule has 0 aliphatic rings. The molecular weight excluding hydrogens is 182 g/mol. The van der Waals surface area contributed by atoms with Crippen molar-refractivity contribution >= 4 is 5.97 Å². The van der Waals surface area contributed by atoms with Gasteiger partial charge in [0.2, 0.25) is 0 Å². The Morgan fingerprint density at radius 2 is 1.86 bits per heavy atom. The quantitative estimate of drug-likeness (QED) is 0.448. The second-order valence-corrected chi connectivity index (χ2v) is 3.13. The van der Waals surface area contributed by atoms with Gasteiger partial charge < -0.3 is 14.8 Å². The van der Waals surface area contributed by atoms with Crippen LogP contribution < -0.4 is 5.32 Å². The molecule has 0 unspecified atom stereocenters. The summed E-state index contributed by atoms with van der Waals surface area (Å²) in [5, 5.41) is 3.26. The molecule has 84 valence electrons. The highest BCUT2D eigenvalue weighted by Crippen LogP contribution is 1.91. The number of esters is 1. The number of hydrogen-bond donors (Lipinski definition) is 1. The van der Waals surface area contributed by atoms with Crippen molar-refractivity contribution in [3.05, 3.63) is 0 Å². The van der Waals surface area contributed by atoms with Gasteiger partial charge in [0.1, 0.15) is 0 Å². The van der Waals surface area contributed by atoms with Crippen molar-refractivity contribution in [1.82, 2.24) is 5.32 Å². The van der Waals surface area contributed by atoms with Crippen molar-refractivity contribution in [1.29, 1.82) is 0 Å². The first-order chi connectivity index (χ1) is 6.81. The summed E-state index contributed by atoms with van der Waals surface area (Å²) in [5.74, 6) is -0.133. The summed E-state index contributed by atoms with van der Waals surface area (Å²) in [7, 11) is 3.13. The van der Waals surface area contributed by atoms with E-state index in [9.17, 15) is 4.79 Å². The SMILES string of the molecule is COCCCCNCCCC(=O)OC. The molecule has 0 rings (SSSR count). The van der Waals surface area contributed by atoms with Crippen molar-refractivity contribution in [2.75, 3.05) is 33.9 Å². The second kappa shape index (κ2) is 10.5. The highest BCUT2D eigenvalue weighted by atomic mass is 16.5. The van der Waals surface area contributed by atoms with Crippen LogP contribution in [0.15, 0.2) is 0 Å². The molecule has 0 heterocycles. The maximum Gasteiger partial charge on any atom is 0.305 e. The summed E-state index contributed by atoms with van der Waals surface area (Å²) < 4.78 is 9.45. The van der Waals surface area contributed by atoms with Crippen LogP contribution in [0.4, 0.5) is 0 Å². The van der Waals surface area contributed by atoms with Gasteiger partial charge in [0.25, 0.3) is 0 Å². The summed E-state index contributed by atoms with van der Waals surface area (Å²) >= 11 is 0. The van der Waals surface area contributed by atoms with Crippen LogP contribution in [0.1, 0.15) is 25.7 Å². The van der Waals surface area contributed by atoms with Crippen molar-refractivity contribution in [2.45, 2.75) is 25.7 Å². The van der Waals surface area contributed by atoms with Crippen LogP contribution in [0.5, 0.6) is 0 Å². The van der Waals surface area contributed by atoms with E-state index in [1.54, 1.807) is 7.11 Å². The molecule has 1 N–H and O–H groups in total. The number of carbonyl (C=O) groups excluding carboxylic acids is 1. The number of methoxy groups -OCH3 is 2. The van der Waals surface area contributed by atoms with Crippen LogP contribution in [-0.4, -0.2) is 39.9 Å². The van der Waals surface area contributed by atoms with Crippen molar-refractivity contribution in [2.24, 2.45) is 0 Å². The minimum Gasteiger partial charge on any atom is -0.469 e. The minimum absolute atomic E-state index is 0.133. The Balaban J connectivity index is 2.95. The van der Waals surface area contributed by atoms with Gasteiger partial charge in [0, 0.05) is 20.1 Å². The summed E-state index contributed by atoms with van der Waals surface area (Å²) in [4.78, 5) is 10.7. The Kier molecular flexibility index (Phi) is 10.0. The lowest BCUT2D eigenvalue weighted by molar-refractivity contribution is -0.140. The number of unbranched alkanes of at least 4 members (excludes halogenated alkanes) is 1. The first kappa shape index (κ1) is 13.4. The minimum atomic E-state index is -0.133. The number of ether oxygens (including phenoxy) is 2. The third kappa shape index (κ3) is 9.48. The molecule has 0 saturated carbocycles. The second-order valence-electron chi connectivity index (χ2n) is 3.13. The Morgan fingerprint density at radius 3 is 2.50 bits per heavy atom. The third-order valence-corrected chi connectivity index (χ3v) is 1.91. The topological polar surface area (TPSA) is 47.6 Å². The van der Waals surface area contributed by atoms with Gasteiger partial charge in [0.05, 0.1) is 7.11 Å². The van der Waals surface area contributed by atoms with E-state index in [0.29, 0.717) is 6.42 Å². The van der Waals surface area contributed by atoms with Crippen LogP contribution in [0.25, 0.3) is 0 Å². The first-order valence-corrected chi connectivity index (χ1v) is 5.07. The normalized spacial score (nSPS) is 10.1. The Labute approximate surface area is 86.0 Å².